The fourth-order valence-corrected chi connectivity index (χ4v) is 1.74. The molecule has 2 N–H and O–H groups in total. The minimum atomic E-state index is 0. The summed E-state index contributed by atoms with van der Waals surface area (Å²) < 4.78 is 0. The van der Waals surface area contributed by atoms with Crippen molar-refractivity contribution in [2.75, 3.05) is 33.2 Å². The van der Waals surface area contributed by atoms with Gasteiger partial charge in [0.1, 0.15) is 0 Å². The van der Waals surface area contributed by atoms with Crippen LogP contribution in [0.3, 0.4) is 0 Å². The monoisotopic (exact) mass is 368 g/mol. The maximum atomic E-state index is 5.83. The number of nitrogens with two attached hydrogens (primary N) is 1. The van der Waals surface area contributed by atoms with Gasteiger partial charge < -0.3 is 15.5 Å². The van der Waals surface area contributed by atoms with Gasteiger partial charge in [-0.1, -0.05) is 0 Å². The van der Waals surface area contributed by atoms with E-state index in [0.717, 1.165) is 6.54 Å². The Kier molecular flexibility index (Phi) is 8.12. The van der Waals surface area contributed by atoms with E-state index in [1.54, 1.807) is 0 Å². The summed E-state index contributed by atoms with van der Waals surface area (Å²) in [7, 11) is 5.85. The van der Waals surface area contributed by atoms with E-state index >= 15 is 0 Å². The van der Waals surface area contributed by atoms with Gasteiger partial charge in [0.05, 0.1) is 0 Å². The van der Waals surface area contributed by atoms with E-state index in [2.05, 4.69) is 11.9 Å². The van der Waals surface area contributed by atoms with E-state index in [4.69, 9.17) is 5.73 Å². The largest absolute Gasteiger partial charge is 0.462 e. The van der Waals surface area contributed by atoms with E-state index in [0.29, 0.717) is 6.04 Å². The molecule has 1 saturated heterocycles. The van der Waals surface area contributed by atoms with Crippen LogP contribution >= 0.6 is 0 Å². The Morgan fingerprint density at radius 2 is 2.00 bits per heavy atom. The van der Waals surface area contributed by atoms with Crippen LogP contribution in [-0.4, -0.2) is 49.1 Å². The average Bonchev–Trinajstić information content (AvgIpc) is 2.08. The molecule has 0 aromatic heterocycles. The van der Waals surface area contributed by atoms with Crippen molar-refractivity contribution in [1.82, 2.24) is 9.80 Å². The van der Waals surface area contributed by atoms with Crippen molar-refractivity contribution in [3.8, 4) is 0 Å². The third-order valence-corrected chi connectivity index (χ3v) is 2.65. The van der Waals surface area contributed by atoms with Gasteiger partial charge in [-0.25, -0.2) is 0 Å². The predicted octanol–water partition coefficient (Wildman–Crippen LogP) is 0.520. The molecule has 4 heteroatoms. The SMILES string of the molecule is [CH2-]N(C)CCCN1CCC(N)CC1.[W]. The van der Waals surface area contributed by atoms with Crippen LogP contribution in [0.1, 0.15) is 19.3 Å². The molecule has 0 aromatic carbocycles. The van der Waals surface area contributed by atoms with Crippen molar-refractivity contribution in [3.63, 3.8) is 0 Å². The van der Waals surface area contributed by atoms with E-state index in [-0.39, 0.29) is 21.1 Å². The number of nitrogens with zero attached hydrogens (tertiary/aromatic N) is 2. The molecule has 1 aliphatic heterocycles. The van der Waals surface area contributed by atoms with Crippen LogP contribution < -0.4 is 5.73 Å². The molecule has 14 heavy (non-hydrogen) atoms. The van der Waals surface area contributed by atoms with E-state index in [1.807, 2.05) is 11.9 Å². The van der Waals surface area contributed by atoms with Gasteiger partial charge in [-0.05, 0) is 52.5 Å². The fraction of sp³-hybridized carbons (Fsp3) is 0.900. The van der Waals surface area contributed by atoms with Gasteiger partial charge in [0, 0.05) is 27.1 Å². The Morgan fingerprint density at radius 3 is 2.50 bits per heavy atom. The fourth-order valence-electron chi connectivity index (χ4n) is 1.74. The van der Waals surface area contributed by atoms with Crippen LogP contribution in [0.4, 0.5) is 0 Å². The first-order valence-electron chi connectivity index (χ1n) is 5.18. The maximum Gasteiger partial charge on any atom is 0.00631 e. The summed E-state index contributed by atoms with van der Waals surface area (Å²) in [5, 5.41) is 0. The van der Waals surface area contributed by atoms with E-state index < -0.39 is 0 Å². The third kappa shape index (κ3) is 6.13. The van der Waals surface area contributed by atoms with Crippen LogP contribution in [0.25, 0.3) is 0 Å². The van der Waals surface area contributed by atoms with Gasteiger partial charge in [-0.2, -0.15) is 0 Å². The first-order valence-corrected chi connectivity index (χ1v) is 5.18. The van der Waals surface area contributed by atoms with Gasteiger partial charge in [0.15, 0.2) is 0 Å². The Labute approximate surface area is 102 Å². The first-order chi connectivity index (χ1) is 6.18. The Morgan fingerprint density at radius 1 is 1.43 bits per heavy atom. The van der Waals surface area contributed by atoms with Crippen LogP contribution in [-0.2, 0) is 21.1 Å². The zero-order valence-electron chi connectivity index (χ0n) is 9.11. The molecule has 0 aromatic rings. The predicted molar refractivity (Wildman–Crippen MR) is 56.3 cm³/mol. The molecule has 0 bridgehead atoms. The normalized spacial score (nSPS) is 19.7. The Bertz CT molecular complexity index is 133. The van der Waals surface area contributed by atoms with Crippen LogP contribution in [0.2, 0.25) is 0 Å². The molecule has 1 heterocycles. The van der Waals surface area contributed by atoms with Crippen LogP contribution in [0.15, 0.2) is 0 Å². The van der Waals surface area contributed by atoms with Crippen molar-refractivity contribution in [2.24, 2.45) is 5.73 Å². The summed E-state index contributed by atoms with van der Waals surface area (Å²) in [6, 6.07) is 0.451. The van der Waals surface area contributed by atoms with Crippen molar-refractivity contribution >= 4 is 0 Å². The molecule has 0 atom stereocenters. The molecule has 84 valence electrons. The standard InChI is InChI=1S/C10H22N3.W/c1-12(2)6-3-7-13-8-4-10(11)5-9-13;/h10H,1,3-9,11H2,2H3;/q-1;. The Balaban J connectivity index is 0.00000169. The van der Waals surface area contributed by atoms with Gasteiger partial charge in [-0.3, -0.25) is 7.05 Å². The quantitative estimate of drug-likeness (QED) is 0.735. The number of rotatable bonds is 4. The van der Waals surface area contributed by atoms with Crippen molar-refractivity contribution in [1.29, 1.82) is 0 Å². The zero-order chi connectivity index (χ0) is 9.68. The average molecular weight is 368 g/mol. The number of hydrogen-bond donors (Lipinski definition) is 1. The molecule has 0 radical (unpaired) electrons. The summed E-state index contributed by atoms with van der Waals surface area (Å²) >= 11 is 0. The van der Waals surface area contributed by atoms with Crippen molar-refractivity contribution < 1.29 is 21.1 Å². The molecule has 0 spiro atoms. The van der Waals surface area contributed by atoms with Gasteiger partial charge in [-0.15, -0.1) is 0 Å². The molecule has 1 fully saturated rings. The molecule has 0 saturated carbocycles. The third-order valence-electron chi connectivity index (χ3n) is 2.65. The van der Waals surface area contributed by atoms with Crippen LogP contribution in [0.5, 0.6) is 0 Å². The minimum Gasteiger partial charge on any atom is -0.462 e. The number of piperidine rings is 1. The van der Waals surface area contributed by atoms with E-state index in [9.17, 15) is 0 Å². The smallest absolute Gasteiger partial charge is 0.00631 e. The topological polar surface area (TPSA) is 32.5 Å². The number of hydrogen-bond acceptors (Lipinski definition) is 3. The Hall–Kier alpha value is 0.568. The molecule has 0 amide bonds. The number of likely N-dealkylation sites (tertiary alicyclic amines) is 1. The van der Waals surface area contributed by atoms with Crippen molar-refractivity contribution in [3.05, 3.63) is 7.05 Å². The molecular weight excluding hydrogens is 346 g/mol. The molecule has 1 aliphatic rings. The second-order valence-corrected chi connectivity index (χ2v) is 4.11. The minimum absolute atomic E-state index is 0. The van der Waals surface area contributed by atoms with E-state index in [1.165, 1.54) is 38.9 Å². The summed E-state index contributed by atoms with van der Waals surface area (Å²) in [6.45, 7) is 4.65. The first kappa shape index (κ1) is 14.6. The summed E-state index contributed by atoms with van der Waals surface area (Å²) in [5.41, 5.74) is 5.83. The van der Waals surface area contributed by atoms with Gasteiger partial charge in [0.25, 0.3) is 0 Å². The molecule has 0 unspecified atom stereocenters. The molecule has 1 rings (SSSR count). The second-order valence-electron chi connectivity index (χ2n) is 4.11. The summed E-state index contributed by atoms with van der Waals surface area (Å²) in [6.07, 6.45) is 3.55. The zero-order valence-corrected chi connectivity index (χ0v) is 12.0. The van der Waals surface area contributed by atoms with Gasteiger partial charge >= 0.3 is 0 Å². The van der Waals surface area contributed by atoms with Crippen molar-refractivity contribution in [2.45, 2.75) is 25.3 Å². The van der Waals surface area contributed by atoms with Gasteiger partial charge in [0.2, 0.25) is 0 Å². The second kappa shape index (κ2) is 7.81. The summed E-state index contributed by atoms with van der Waals surface area (Å²) in [4.78, 5) is 4.50. The maximum absolute atomic E-state index is 5.83. The van der Waals surface area contributed by atoms with Crippen LogP contribution in [0, 0.1) is 7.05 Å². The molecule has 0 aliphatic carbocycles. The summed E-state index contributed by atoms with van der Waals surface area (Å²) in [5.74, 6) is 0. The molecular formula is C10H22N3W-. The molecule has 3 nitrogen and oxygen atoms in total.